The molecular weight excluding hydrogens is 527 g/mol. The van der Waals surface area contributed by atoms with E-state index < -0.39 is 79.8 Å². The summed E-state index contributed by atoms with van der Waals surface area (Å²) in [5.74, 6) is -11.8. The van der Waals surface area contributed by atoms with Crippen LogP contribution in [0.15, 0.2) is 35.4 Å². The molecule has 0 saturated carbocycles. The second kappa shape index (κ2) is 9.77. The fourth-order valence-electron chi connectivity index (χ4n) is 3.47. The third kappa shape index (κ3) is 5.93. The van der Waals surface area contributed by atoms with Crippen molar-refractivity contribution in [2.45, 2.75) is 25.6 Å². The van der Waals surface area contributed by atoms with Gasteiger partial charge in [-0.25, -0.2) is 27.4 Å². The molecule has 36 heavy (non-hydrogen) atoms. The normalized spacial score (nSPS) is 14.1. The second-order valence-electron chi connectivity index (χ2n) is 7.32. The predicted octanol–water partition coefficient (Wildman–Crippen LogP) is 3.55. The molecule has 1 aliphatic carbocycles. The Morgan fingerprint density at radius 1 is 0.917 bits per heavy atom. The summed E-state index contributed by atoms with van der Waals surface area (Å²) >= 11 is 0. The van der Waals surface area contributed by atoms with Crippen LogP contribution >= 0.6 is 0 Å². The number of benzene rings is 2. The van der Waals surface area contributed by atoms with Crippen molar-refractivity contribution in [3.05, 3.63) is 58.7 Å². The number of alkyl halides is 3. The number of anilines is 1. The van der Waals surface area contributed by atoms with Gasteiger partial charge in [0.2, 0.25) is 0 Å². The van der Waals surface area contributed by atoms with E-state index >= 15 is 0 Å². The van der Waals surface area contributed by atoms with Gasteiger partial charge in [-0.15, -0.1) is 13.2 Å². The topological polar surface area (TPSA) is 128 Å². The van der Waals surface area contributed by atoms with E-state index in [2.05, 4.69) is 4.74 Å². The number of carbonyl (C=O) groups is 2. The Balaban J connectivity index is 1.99. The number of hydrogen-bond donors (Lipinski definition) is 3. The lowest BCUT2D eigenvalue weighted by molar-refractivity contribution is -0.274. The number of amides is 2. The highest BCUT2D eigenvalue weighted by molar-refractivity contribution is 7.87. The zero-order valence-electron chi connectivity index (χ0n) is 17.6. The van der Waals surface area contributed by atoms with Gasteiger partial charge in [-0.05, 0) is 37.0 Å². The standard InChI is InChI=1S/C20H14F7N3O5S/c21-13-12(8-3-1-4-9(7-8)35-20(25,26)27)14(22)16(24)17(15(13)23)29-18(31)10-5-2-6-11(10)19(32)30-36(28,33)34/h1,3-4,7H,2,5-6H2,(H,29,31)(H,30,32)(H2,28,33,34). The van der Waals surface area contributed by atoms with Crippen molar-refractivity contribution < 1.29 is 53.5 Å². The second-order valence-corrected chi connectivity index (χ2v) is 8.62. The quantitative estimate of drug-likeness (QED) is 0.381. The van der Waals surface area contributed by atoms with Crippen molar-refractivity contribution in [1.29, 1.82) is 0 Å². The third-order valence-electron chi connectivity index (χ3n) is 4.86. The van der Waals surface area contributed by atoms with E-state index in [0.29, 0.717) is 6.07 Å². The number of rotatable bonds is 6. The van der Waals surface area contributed by atoms with E-state index in [9.17, 15) is 48.7 Å². The zero-order valence-corrected chi connectivity index (χ0v) is 18.4. The SMILES string of the molecule is NS(=O)(=O)NC(=O)C1=C(C(=O)Nc2c(F)c(F)c(-c3cccc(OC(F)(F)F)c3)c(F)c2F)CCC1. The van der Waals surface area contributed by atoms with Crippen LogP contribution in [0.4, 0.5) is 36.4 Å². The molecule has 1 aliphatic rings. The first-order chi connectivity index (χ1) is 16.6. The Bertz CT molecular complexity index is 1360. The lowest BCUT2D eigenvalue weighted by Gasteiger charge is -2.15. The van der Waals surface area contributed by atoms with E-state index in [0.717, 1.165) is 18.2 Å². The molecule has 194 valence electrons. The first-order valence-corrected chi connectivity index (χ1v) is 11.2. The number of nitrogens with one attached hydrogen (secondary N) is 2. The maximum Gasteiger partial charge on any atom is 0.573 e. The molecule has 0 atom stereocenters. The summed E-state index contributed by atoms with van der Waals surface area (Å²) in [6.07, 6.45) is -5.23. The van der Waals surface area contributed by atoms with E-state index in [1.54, 1.807) is 5.32 Å². The molecule has 0 fully saturated rings. The summed E-state index contributed by atoms with van der Waals surface area (Å²) in [7, 11) is -4.49. The Labute approximate surface area is 198 Å². The highest BCUT2D eigenvalue weighted by atomic mass is 32.2. The van der Waals surface area contributed by atoms with Crippen LogP contribution in [0.3, 0.4) is 0 Å². The Kier molecular flexibility index (Phi) is 7.31. The third-order valence-corrected chi connectivity index (χ3v) is 5.33. The van der Waals surface area contributed by atoms with Gasteiger partial charge in [0.25, 0.3) is 22.0 Å². The van der Waals surface area contributed by atoms with Gasteiger partial charge < -0.3 is 10.1 Å². The monoisotopic (exact) mass is 541 g/mol. The smallest absolute Gasteiger partial charge is 0.406 e. The maximum atomic E-state index is 14.7. The van der Waals surface area contributed by atoms with Crippen molar-refractivity contribution in [2.75, 3.05) is 5.32 Å². The maximum absolute atomic E-state index is 14.7. The first kappa shape index (κ1) is 26.9. The Hall–Kier alpha value is -3.66. The minimum atomic E-state index is -5.15. The molecule has 8 nitrogen and oxygen atoms in total. The molecule has 0 radical (unpaired) electrons. The molecule has 0 spiro atoms. The number of carbonyl (C=O) groups excluding carboxylic acids is 2. The van der Waals surface area contributed by atoms with Gasteiger partial charge in [-0.2, -0.15) is 8.42 Å². The van der Waals surface area contributed by atoms with Crippen molar-refractivity contribution >= 4 is 27.7 Å². The molecule has 2 amide bonds. The minimum Gasteiger partial charge on any atom is -0.406 e. The molecular formula is C20H14F7N3O5S. The molecule has 2 aromatic carbocycles. The Morgan fingerprint density at radius 2 is 1.47 bits per heavy atom. The zero-order chi connectivity index (χ0) is 27.0. The largest absolute Gasteiger partial charge is 0.573 e. The molecule has 0 unspecified atom stereocenters. The van der Waals surface area contributed by atoms with Crippen LogP contribution in [-0.2, 0) is 19.8 Å². The summed E-state index contributed by atoms with van der Waals surface area (Å²) in [4.78, 5) is 24.6. The fourth-order valence-corrected chi connectivity index (χ4v) is 3.85. The van der Waals surface area contributed by atoms with Crippen LogP contribution in [-0.4, -0.2) is 26.6 Å². The van der Waals surface area contributed by atoms with Gasteiger partial charge in [0.1, 0.15) is 11.4 Å². The van der Waals surface area contributed by atoms with E-state index in [1.807, 2.05) is 0 Å². The summed E-state index contributed by atoms with van der Waals surface area (Å²) in [5.41, 5.74) is -4.43. The number of ether oxygens (including phenoxy) is 1. The molecule has 0 bridgehead atoms. The van der Waals surface area contributed by atoms with Crippen LogP contribution in [0.5, 0.6) is 5.75 Å². The summed E-state index contributed by atoms with van der Waals surface area (Å²) in [6, 6.07) is 3.03. The number of halogens is 7. The van der Waals surface area contributed by atoms with Gasteiger partial charge in [0, 0.05) is 11.1 Å². The van der Waals surface area contributed by atoms with Crippen molar-refractivity contribution in [3.63, 3.8) is 0 Å². The molecule has 0 aliphatic heterocycles. The van der Waals surface area contributed by atoms with Crippen LogP contribution < -0.4 is 19.9 Å². The molecule has 16 heteroatoms. The highest BCUT2D eigenvalue weighted by Crippen LogP contribution is 2.37. The predicted molar refractivity (Wildman–Crippen MR) is 109 cm³/mol. The van der Waals surface area contributed by atoms with Crippen molar-refractivity contribution in [1.82, 2.24) is 4.72 Å². The van der Waals surface area contributed by atoms with Crippen LogP contribution in [0.2, 0.25) is 0 Å². The van der Waals surface area contributed by atoms with Crippen LogP contribution in [0, 0.1) is 23.3 Å². The van der Waals surface area contributed by atoms with Gasteiger partial charge in [0.05, 0.1) is 5.56 Å². The molecule has 4 N–H and O–H groups in total. The van der Waals surface area contributed by atoms with Gasteiger partial charge >= 0.3 is 6.36 Å². The van der Waals surface area contributed by atoms with Gasteiger partial charge in [-0.3, -0.25) is 9.59 Å². The number of nitrogens with two attached hydrogens (primary N) is 1. The van der Waals surface area contributed by atoms with Crippen LogP contribution in [0.1, 0.15) is 19.3 Å². The van der Waals surface area contributed by atoms with Crippen LogP contribution in [0.25, 0.3) is 11.1 Å². The van der Waals surface area contributed by atoms with Crippen molar-refractivity contribution in [2.24, 2.45) is 5.14 Å². The van der Waals surface area contributed by atoms with E-state index in [-0.39, 0.29) is 24.8 Å². The fraction of sp³-hybridized carbons (Fsp3) is 0.200. The summed E-state index contributed by atoms with van der Waals surface area (Å²) < 4.78 is 123. The number of hydrogen-bond acceptors (Lipinski definition) is 5. The molecule has 0 heterocycles. The van der Waals surface area contributed by atoms with Gasteiger partial charge in [-0.1, -0.05) is 12.1 Å². The summed E-state index contributed by atoms with van der Waals surface area (Å²) in [6.45, 7) is 0. The van der Waals surface area contributed by atoms with E-state index in [4.69, 9.17) is 5.14 Å². The average Bonchev–Trinajstić information content (AvgIpc) is 3.24. The lowest BCUT2D eigenvalue weighted by atomic mass is 10.0. The Morgan fingerprint density at radius 3 is 2.00 bits per heavy atom. The first-order valence-electron chi connectivity index (χ1n) is 9.69. The highest BCUT2D eigenvalue weighted by Gasteiger charge is 2.33. The summed E-state index contributed by atoms with van der Waals surface area (Å²) in [5, 5.41) is 6.30. The molecule has 0 saturated heterocycles. The molecule has 0 aromatic heterocycles. The van der Waals surface area contributed by atoms with Gasteiger partial charge in [0.15, 0.2) is 23.3 Å². The van der Waals surface area contributed by atoms with Crippen molar-refractivity contribution in [3.8, 4) is 16.9 Å². The molecule has 3 rings (SSSR count). The van der Waals surface area contributed by atoms with E-state index in [1.165, 1.54) is 4.72 Å². The molecule has 2 aromatic rings. The lowest BCUT2D eigenvalue weighted by Crippen LogP contribution is -2.37. The average molecular weight is 541 g/mol. The minimum absolute atomic E-state index is 0.104.